The zero-order valence-electron chi connectivity index (χ0n) is 8.97. The zero-order chi connectivity index (χ0) is 11.1. The van der Waals surface area contributed by atoms with Crippen LogP contribution in [0.1, 0.15) is 0 Å². The molecule has 1 aromatic heterocycles. The van der Waals surface area contributed by atoms with Crippen LogP contribution in [0.5, 0.6) is 5.75 Å². The number of aryl methyl sites for hydroxylation is 1. The fraction of sp³-hybridized carbons (Fsp3) is 0.0714. The van der Waals surface area contributed by atoms with Gasteiger partial charge in [-0.15, -0.1) is 0 Å². The first-order valence-electron chi connectivity index (χ1n) is 5.24. The number of aromatic nitrogens is 1. The predicted octanol–water partition coefficient (Wildman–Crippen LogP) is 1.89. The second-order valence-corrected chi connectivity index (χ2v) is 3.98. The summed E-state index contributed by atoms with van der Waals surface area (Å²) in [5, 5.41) is 15.2. The molecule has 0 saturated carbocycles. The maximum Gasteiger partial charge on any atom is 0.205 e. The predicted molar refractivity (Wildman–Crippen MR) is 62.1 cm³/mol. The topological polar surface area (TPSA) is 26.9 Å². The van der Waals surface area contributed by atoms with Crippen LogP contribution in [0.15, 0.2) is 48.7 Å². The molecule has 3 rings (SSSR count). The quantitative estimate of drug-likeness (QED) is 0.410. The van der Waals surface area contributed by atoms with E-state index in [2.05, 4.69) is 6.07 Å². The van der Waals surface area contributed by atoms with Gasteiger partial charge in [-0.05, 0) is 22.6 Å². The first-order chi connectivity index (χ1) is 7.77. The van der Waals surface area contributed by atoms with Crippen molar-refractivity contribution in [3.63, 3.8) is 0 Å². The first-order valence-corrected chi connectivity index (χ1v) is 5.24. The molecular formula is C14H11NO. The summed E-state index contributed by atoms with van der Waals surface area (Å²) in [5.74, 6) is 0.0804. The molecule has 3 aromatic rings. The van der Waals surface area contributed by atoms with Crippen LogP contribution in [0.4, 0.5) is 0 Å². The van der Waals surface area contributed by atoms with E-state index in [-0.39, 0.29) is 5.75 Å². The number of nitrogens with zero attached hydrogens (tertiary/aromatic N) is 1. The third kappa shape index (κ3) is 1.16. The van der Waals surface area contributed by atoms with Gasteiger partial charge in [-0.1, -0.05) is 30.3 Å². The van der Waals surface area contributed by atoms with Crippen molar-refractivity contribution in [3.8, 4) is 5.75 Å². The van der Waals surface area contributed by atoms with Gasteiger partial charge >= 0.3 is 0 Å². The Balaban J connectivity index is 2.65. The lowest BCUT2D eigenvalue weighted by Crippen LogP contribution is -2.28. The standard InChI is InChI=1S/C14H11NO/c1-15-8-4-7-12-11-6-3-2-5-10(11)9-13(16)14(12)15/h2-9H,1H3. The first kappa shape index (κ1) is 9.16. The van der Waals surface area contributed by atoms with Gasteiger partial charge in [0.15, 0.2) is 6.20 Å². The molecular weight excluding hydrogens is 198 g/mol. The molecule has 0 aliphatic carbocycles. The van der Waals surface area contributed by atoms with Crippen LogP contribution in [0.2, 0.25) is 0 Å². The molecule has 0 aliphatic heterocycles. The molecule has 0 N–H and O–H groups in total. The van der Waals surface area contributed by atoms with E-state index >= 15 is 0 Å². The highest BCUT2D eigenvalue weighted by molar-refractivity contribution is 6.07. The summed E-state index contributed by atoms with van der Waals surface area (Å²) in [6.07, 6.45) is 1.90. The van der Waals surface area contributed by atoms with Crippen molar-refractivity contribution in [2.24, 2.45) is 7.05 Å². The summed E-state index contributed by atoms with van der Waals surface area (Å²) in [4.78, 5) is 0. The van der Waals surface area contributed by atoms with Gasteiger partial charge in [-0.25, -0.2) is 4.57 Å². The van der Waals surface area contributed by atoms with Crippen molar-refractivity contribution in [2.75, 3.05) is 0 Å². The summed E-state index contributed by atoms with van der Waals surface area (Å²) in [5.41, 5.74) is 0.765. The maximum absolute atomic E-state index is 12.0. The average molecular weight is 209 g/mol. The van der Waals surface area contributed by atoms with Gasteiger partial charge in [-0.2, -0.15) is 0 Å². The molecule has 0 aliphatic rings. The second-order valence-electron chi connectivity index (χ2n) is 3.98. The van der Waals surface area contributed by atoms with Crippen molar-refractivity contribution in [1.29, 1.82) is 0 Å². The minimum atomic E-state index is 0.0804. The molecule has 2 heteroatoms. The minimum absolute atomic E-state index is 0.0804. The van der Waals surface area contributed by atoms with Gasteiger partial charge in [-0.3, -0.25) is 0 Å². The van der Waals surface area contributed by atoms with E-state index < -0.39 is 0 Å². The van der Waals surface area contributed by atoms with Crippen LogP contribution in [0.25, 0.3) is 21.7 Å². The number of hydrogen-bond donors (Lipinski definition) is 0. The summed E-state index contributed by atoms with van der Waals surface area (Å²) in [6, 6.07) is 13.7. The Morgan fingerprint density at radius 2 is 1.75 bits per heavy atom. The Bertz CT molecular complexity index is 689. The summed E-state index contributed by atoms with van der Waals surface area (Å²) in [7, 11) is 1.90. The van der Waals surface area contributed by atoms with Crippen LogP contribution in [-0.2, 0) is 7.05 Å². The second kappa shape index (κ2) is 3.20. The molecule has 1 heterocycles. The van der Waals surface area contributed by atoms with Crippen LogP contribution in [0.3, 0.4) is 0 Å². The third-order valence-electron chi connectivity index (χ3n) is 2.95. The SMILES string of the molecule is C[n+]1cccc2c3ccccc3cc([O-])c21. The number of benzene rings is 2. The number of rotatable bonds is 0. The van der Waals surface area contributed by atoms with Gasteiger partial charge in [0, 0.05) is 6.07 Å². The molecule has 0 amide bonds. The normalized spacial score (nSPS) is 11.1. The molecule has 0 fully saturated rings. The molecule has 0 radical (unpaired) electrons. The van der Waals surface area contributed by atoms with Crippen LogP contribution in [0, 0.1) is 0 Å². The monoisotopic (exact) mass is 209 g/mol. The summed E-state index contributed by atoms with van der Waals surface area (Å²) in [6.45, 7) is 0. The molecule has 0 spiro atoms. The third-order valence-corrected chi connectivity index (χ3v) is 2.95. The fourth-order valence-electron chi connectivity index (χ4n) is 2.21. The van der Waals surface area contributed by atoms with Gasteiger partial charge in [0.25, 0.3) is 0 Å². The fourth-order valence-corrected chi connectivity index (χ4v) is 2.21. The van der Waals surface area contributed by atoms with Crippen molar-refractivity contribution in [1.82, 2.24) is 0 Å². The van der Waals surface area contributed by atoms with E-state index in [1.807, 2.05) is 48.1 Å². The molecule has 2 nitrogen and oxygen atoms in total. The van der Waals surface area contributed by atoms with Crippen molar-refractivity contribution >= 4 is 21.7 Å². The van der Waals surface area contributed by atoms with E-state index in [9.17, 15) is 5.11 Å². The Morgan fingerprint density at radius 3 is 2.62 bits per heavy atom. The molecule has 2 aromatic carbocycles. The van der Waals surface area contributed by atoms with Crippen molar-refractivity contribution < 1.29 is 9.67 Å². The highest BCUT2D eigenvalue weighted by Crippen LogP contribution is 2.28. The lowest BCUT2D eigenvalue weighted by atomic mass is 10.0. The Hall–Kier alpha value is -2.09. The largest absolute Gasteiger partial charge is 0.868 e. The Morgan fingerprint density at radius 1 is 1.00 bits per heavy atom. The van der Waals surface area contributed by atoms with Gasteiger partial charge in [0.1, 0.15) is 7.05 Å². The van der Waals surface area contributed by atoms with E-state index in [0.717, 1.165) is 21.7 Å². The van der Waals surface area contributed by atoms with E-state index in [0.29, 0.717) is 0 Å². The molecule has 16 heavy (non-hydrogen) atoms. The lowest BCUT2D eigenvalue weighted by molar-refractivity contribution is -0.646. The Labute approximate surface area is 93.4 Å². The molecule has 0 unspecified atom stereocenters. The summed E-state index contributed by atoms with van der Waals surface area (Å²) < 4.78 is 1.88. The number of pyridine rings is 1. The molecule has 78 valence electrons. The highest BCUT2D eigenvalue weighted by Gasteiger charge is 2.08. The van der Waals surface area contributed by atoms with E-state index in [1.54, 1.807) is 6.07 Å². The number of hydrogen-bond acceptors (Lipinski definition) is 1. The van der Waals surface area contributed by atoms with Gasteiger partial charge in [0.05, 0.1) is 5.39 Å². The molecule has 0 atom stereocenters. The minimum Gasteiger partial charge on any atom is -0.868 e. The number of fused-ring (bicyclic) bond motifs is 3. The summed E-state index contributed by atoms with van der Waals surface area (Å²) >= 11 is 0. The lowest BCUT2D eigenvalue weighted by Gasteiger charge is -2.10. The smallest absolute Gasteiger partial charge is 0.205 e. The Kier molecular flexibility index (Phi) is 1.83. The zero-order valence-corrected chi connectivity index (χ0v) is 8.97. The van der Waals surface area contributed by atoms with Crippen LogP contribution >= 0.6 is 0 Å². The van der Waals surface area contributed by atoms with E-state index in [1.165, 1.54) is 0 Å². The average Bonchev–Trinajstić information content (AvgIpc) is 2.29. The van der Waals surface area contributed by atoms with Crippen molar-refractivity contribution in [2.45, 2.75) is 0 Å². The van der Waals surface area contributed by atoms with E-state index in [4.69, 9.17) is 0 Å². The highest BCUT2D eigenvalue weighted by atomic mass is 16.3. The molecule has 0 saturated heterocycles. The van der Waals surface area contributed by atoms with Crippen LogP contribution in [-0.4, -0.2) is 0 Å². The maximum atomic E-state index is 12.0. The molecule has 0 bridgehead atoms. The van der Waals surface area contributed by atoms with Crippen LogP contribution < -0.4 is 9.67 Å². The van der Waals surface area contributed by atoms with Gasteiger partial charge < -0.3 is 5.11 Å². The van der Waals surface area contributed by atoms with Crippen molar-refractivity contribution in [3.05, 3.63) is 48.7 Å². The van der Waals surface area contributed by atoms with Gasteiger partial charge in [0.2, 0.25) is 5.52 Å².